The molecule has 1 heterocycles. The number of phenols is 2. The van der Waals surface area contributed by atoms with Crippen LogP contribution in [0.5, 0.6) is 11.5 Å². The number of fused-ring (bicyclic) bond motifs is 10. The number of phenolic OH excluding ortho intramolecular Hbond substituents is 2. The standard InChI is InChI=1S/C31H23N3O2.C30H25N5O2.3C2H6/c1-19-11-14-23(15-12-19)33-34-29-28-21(13-16-25-24-10-6-5-7-20(24)17-26(25)28)18-27(30(29)35)31(36)32-22-8-3-2-4-9-22;1-31-21-12-14-22(15-13-21)33-34-29-27-19(11-16-25-24-9-5-6-10-26(24)32-28(25)27)17-20(30(29)36)18-37-35-23-7-3-2-4-8-23;3*1-2/h2-16,18,35H,17H2,1H3,(H,32,36);2-17,31-32,35-36H,18H2,1H3;3*1-2H3. The Morgan fingerprint density at radius 2 is 1.14 bits per heavy atom. The van der Waals surface area contributed by atoms with Crippen LogP contribution < -0.4 is 16.1 Å². The molecule has 1 amide bonds. The topological polar surface area (TPSA) is 168 Å². The third kappa shape index (κ3) is 12.3. The summed E-state index contributed by atoms with van der Waals surface area (Å²) in [4.78, 5) is 22.5. The summed E-state index contributed by atoms with van der Waals surface area (Å²) in [6.07, 6.45) is 0.727. The number of aromatic hydroxyl groups is 2. The van der Waals surface area contributed by atoms with E-state index in [1.54, 1.807) is 18.2 Å². The molecule has 0 fully saturated rings. The summed E-state index contributed by atoms with van der Waals surface area (Å²) in [7, 11) is 1.87. The number of nitrogens with zero attached hydrogens (tertiary/aromatic N) is 4. The fraction of sp³-hybridized carbons (Fsp3) is 0.149. The molecule has 0 saturated heterocycles. The number of hydrogen-bond acceptors (Lipinski definition) is 10. The number of carbonyl (C=O) groups is 1. The first-order valence-electron chi connectivity index (χ1n) is 26.8. The molecule has 0 bridgehead atoms. The SMILES string of the molecule is CC.CC.CC.CNc1ccc(N=Nc2c(O)c(CONc3ccccc3)cc3ccc4c5ccccc5[nH]c4c23)cc1.Cc1ccc(N=Nc2c(O)c(C(=O)Nc3ccccc3)cc3ccc4c(c23)Cc2ccccc2-4)cc1. The Morgan fingerprint density at radius 3 is 1.82 bits per heavy atom. The van der Waals surface area contributed by atoms with Crippen molar-refractivity contribution >= 4 is 89.1 Å². The monoisotopic (exact) mass is 1050 g/mol. The molecule has 0 atom stereocenters. The van der Waals surface area contributed by atoms with Crippen LogP contribution in [0.4, 0.5) is 39.8 Å². The normalized spacial score (nSPS) is 11.1. The Hall–Kier alpha value is -9.65. The highest BCUT2D eigenvalue weighted by Crippen LogP contribution is 2.48. The maximum absolute atomic E-state index is 13.2. The summed E-state index contributed by atoms with van der Waals surface area (Å²) in [5.41, 5.74) is 15.8. The van der Waals surface area contributed by atoms with Crippen molar-refractivity contribution in [3.8, 4) is 22.6 Å². The number of H-pyrrole nitrogens is 1. The van der Waals surface area contributed by atoms with E-state index in [9.17, 15) is 15.0 Å². The molecule has 1 aromatic heterocycles. The maximum Gasteiger partial charge on any atom is 0.259 e. The van der Waals surface area contributed by atoms with Gasteiger partial charge in [0.2, 0.25) is 0 Å². The van der Waals surface area contributed by atoms with Crippen molar-refractivity contribution in [1.82, 2.24) is 4.98 Å². The molecule has 6 N–H and O–H groups in total. The predicted octanol–water partition coefficient (Wildman–Crippen LogP) is 19.4. The van der Waals surface area contributed by atoms with Gasteiger partial charge in [0.25, 0.3) is 5.91 Å². The maximum atomic E-state index is 13.2. The summed E-state index contributed by atoms with van der Waals surface area (Å²) in [6.45, 7) is 14.1. The second-order valence-corrected chi connectivity index (χ2v) is 17.7. The van der Waals surface area contributed by atoms with Gasteiger partial charge in [0.1, 0.15) is 23.7 Å². The first-order valence-corrected chi connectivity index (χ1v) is 26.8. The Bertz CT molecular complexity index is 3910. The second-order valence-electron chi connectivity index (χ2n) is 17.7. The van der Waals surface area contributed by atoms with Crippen LogP contribution in [-0.4, -0.2) is 28.2 Å². The zero-order valence-electron chi connectivity index (χ0n) is 45.9. The number of aromatic amines is 1. The third-order valence-corrected chi connectivity index (χ3v) is 13.0. The molecule has 1 aliphatic carbocycles. The van der Waals surface area contributed by atoms with Crippen molar-refractivity contribution in [3.05, 3.63) is 222 Å². The number of anilines is 3. The number of aromatic nitrogens is 1. The smallest absolute Gasteiger partial charge is 0.259 e. The van der Waals surface area contributed by atoms with E-state index < -0.39 is 5.91 Å². The van der Waals surface area contributed by atoms with Gasteiger partial charge >= 0.3 is 0 Å². The van der Waals surface area contributed by atoms with Gasteiger partial charge in [0.05, 0.1) is 28.1 Å². The minimum atomic E-state index is -0.406. The molecular weight excluding hydrogens is 981 g/mol. The summed E-state index contributed by atoms with van der Waals surface area (Å²) < 4.78 is 0. The van der Waals surface area contributed by atoms with Crippen LogP contribution in [0.2, 0.25) is 0 Å². The third-order valence-electron chi connectivity index (χ3n) is 13.0. The molecule has 0 radical (unpaired) electrons. The number of amides is 1. The van der Waals surface area contributed by atoms with Crippen molar-refractivity contribution in [2.24, 2.45) is 20.5 Å². The zero-order chi connectivity index (χ0) is 55.8. The Labute approximate surface area is 461 Å². The number of nitrogens with one attached hydrogen (secondary N) is 4. The number of hydrogen-bond donors (Lipinski definition) is 6. The fourth-order valence-corrected chi connectivity index (χ4v) is 9.36. The van der Waals surface area contributed by atoms with Gasteiger partial charge in [-0.05, 0) is 125 Å². The van der Waals surface area contributed by atoms with Gasteiger partial charge in [-0.25, -0.2) is 0 Å². The molecule has 11 aromatic rings. The molecular formula is C67H66N8O4. The quantitative estimate of drug-likeness (QED) is 0.0557. The van der Waals surface area contributed by atoms with Crippen LogP contribution in [0.3, 0.4) is 0 Å². The first-order chi connectivity index (χ1) is 38.8. The van der Waals surface area contributed by atoms with Crippen molar-refractivity contribution < 1.29 is 19.8 Å². The van der Waals surface area contributed by atoms with Gasteiger partial charge in [-0.15, -0.1) is 10.2 Å². The van der Waals surface area contributed by atoms with Gasteiger partial charge in [0.15, 0.2) is 5.75 Å². The lowest BCUT2D eigenvalue weighted by Gasteiger charge is -2.14. The molecule has 0 saturated carbocycles. The molecule has 12 rings (SSSR count). The van der Waals surface area contributed by atoms with E-state index in [-0.39, 0.29) is 23.7 Å². The minimum Gasteiger partial charge on any atom is -0.505 e. The molecule has 0 aliphatic heterocycles. The molecule has 12 nitrogen and oxygen atoms in total. The number of azo groups is 2. The van der Waals surface area contributed by atoms with E-state index in [0.29, 0.717) is 34.0 Å². The molecule has 0 spiro atoms. The van der Waals surface area contributed by atoms with Gasteiger partial charge in [0, 0.05) is 51.0 Å². The summed E-state index contributed by atoms with van der Waals surface area (Å²) in [6, 6.07) is 62.4. The summed E-state index contributed by atoms with van der Waals surface area (Å²) in [5.74, 6) is -0.559. The van der Waals surface area contributed by atoms with Crippen LogP contribution in [0.25, 0.3) is 54.5 Å². The zero-order valence-corrected chi connectivity index (χ0v) is 45.9. The predicted molar refractivity (Wildman–Crippen MR) is 328 cm³/mol. The van der Waals surface area contributed by atoms with E-state index in [1.165, 1.54) is 11.1 Å². The van der Waals surface area contributed by atoms with E-state index in [2.05, 4.69) is 71.9 Å². The number of carbonyl (C=O) groups excluding carboxylic acids is 1. The number of benzene rings is 10. The summed E-state index contributed by atoms with van der Waals surface area (Å²) in [5, 5.41) is 52.3. The van der Waals surface area contributed by atoms with Crippen LogP contribution in [0.15, 0.2) is 215 Å². The highest BCUT2D eigenvalue weighted by molar-refractivity contribution is 6.20. The molecule has 1 aliphatic rings. The van der Waals surface area contributed by atoms with Crippen molar-refractivity contribution in [2.75, 3.05) is 23.2 Å². The highest BCUT2D eigenvalue weighted by atomic mass is 16.6. The average molecular weight is 1050 g/mol. The number of aryl methyl sites for hydroxylation is 1. The van der Waals surface area contributed by atoms with E-state index in [4.69, 9.17) is 4.84 Å². The van der Waals surface area contributed by atoms with Gasteiger partial charge < -0.3 is 25.8 Å². The largest absolute Gasteiger partial charge is 0.505 e. The van der Waals surface area contributed by atoms with E-state index in [0.717, 1.165) is 77.8 Å². The Kier molecular flexibility index (Phi) is 18.6. The van der Waals surface area contributed by atoms with Gasteiger partial charge in [-0.3, -0.25) is 15.1 Å². The fourth-order valence-electron chi connectivity index (χ4n) is 9.36. The number of rotatable bonds is 11. The van der Waals surface area contributed by atoms with Crippen molar-refractivity contribution in [1.29, 1.82) is 0 Å². The average Bonchev–Trinajstić information content (AvgIpc) is 4.33. The lowest BCUT2D eigenvalue weighted by atomic mass is 9.95. The Morgan fingerprint density at radius 1 is 0.557 bits per heavy atom. The molecule has 398 valence electrons. The molecule has 0 unspecified atom stereocenters. The minimum absolute atomic E-state index is 0.0316. The summed E-state index contributed by atoms with van der Waals surface area (Å²) >= 11 is 0. The second kappa shape index (κ2) is 26.4. The lowest BCUT2D eigenvalue weighted by Crippen LogP contribution is -2.12. The molecule has 79 heavy (non-hydrogen) atoms. The van der Waals surface area contributed by atoms with E-state index >= 15 is 0 Å². The lowest BCUT2D eigenvalue weighted by molar-refractivity contribution is 0.102. The molecule has 12 heteroatoms. The Balaban J connectivity index is 0.000000190. The van der Waals surface area contributed by atoms with Crippen LogP contribution >= 0.6 is 0 Å². The number of para-hydroxylation sites is 3. The van der Waals surface area contributed by atoms with Crippen molar-refractivity contribution in [2.45, 2.75) is 61.5 Å². The van der Waals surface area contributed by atoms with Crippen LogP contribution in [0, 0.1) is 6.92 Å². The highest BCUT2D eigenvalue weighted by Gasteiger charge is 2.26. The van der Waals surface area contributed by atoms with Crippen LogP contribution in [-0.2, 0) is 17.9 Å². The molecule has 10 aromatic carbocycles. The first kappa shape index (κ1) is 55.6. The van der Waals surface area contributed by atoms with Gasteiger partial charge in [-0.2, -0.15) is 10.2 Å². The van der Waals surface area contributed by atoms with Gasteiger partial charge in [-0.1, -0.05) is 162 Å². The van der Waals surface area contributed by atoms with Crippen LogP contribution in [0.1, 0.15) is 74.2 Å². The van der Waals surface area contributed by atoms with Crippen molar-refractivity contribution in [3.63, 3.8) is 0 Å². The van der Waals surface area contributed by atoms with E-state index in [1.807, 2.05) is 201 Å².